The van der Waals surface area contributed by atoms with Crippen molar-refractivity contribution in [3.8, 4) is 0 Å². The predicted molar refractivity (Wildman–Crippen MR) is 130 cm³/mol. The molecular formula is C23H28ClN5O5S. The molecule has 0 bridgehead atoms. The van der Waals surface area contributed by atoms with Gasteiger partial charge < -0.3 is 20.1 Å². The zero-order valence-electron chi connectivity index (χ0n) is 19.8. The van der Waals surface area contributed by atoms with Gasteiger partial charge in [-0.3, -0.25) is 14.4 Å². The second-order valence-electron chi connectivity index (χ2n) is 9.43. The minimum atomic E-state index is -3.88. The van der Waals surface area contributed by atoms with E-state index in [4.69, 9.17) is 11.6 Å². The Labute approximate surface area is 208 Å². The Kier molecular flexibility index (Phi) is 6.43. The van der Waals surface area contributed by atoms with Crippen LogP contribution in [0.25, 0.3) is 0 Å². The van der Waals surface area contributed by atoms with Crippen LogP contribution in [0.3, 0.4) is 0 Å². The fraction of sp³-hybridized carbons (Fsp3) is 0.478. The second-order valence-corrected chi connectivity index (χ2v) is 12.8. The first-order valence-electron chi connectivity index (χ1n) is 11.3. The van der Waals surface area contributed by atoms with E-state index in [9.17, 15) is 22.8 Å². The zero-order valence-corrected chi connectivity index (χ0v) is 21.4. The number of amides is 3. The lowest BCUT2D eigenvalue weighted by atomic mass is 10.2. The molecule has 1 aromatic heterocycles. The number of nitrogens with zero attached hydrogens (tertiary/aromatic N) is 3. The molecule has 2 aromatic rings. The molecule has 188 valence electrons. The van der Waals surface area contributed by atoms with Crippen LogP contribution >= 0.6 is 11.6 Å². The fourth-order valence-corrected chi connectivity index (χ4v) is 6.94. The van der Waals surface area contributed by atoms with Crippen LogP contribution in [-0.2, 0) is 27.7 Å². The number of benzene rings is 1. The lowest BCUT2D eigenvalue weighted by Crippen LogP contribution is -2.55. The molecule has 1 fully saturated rings. The first-order valence-corrected chi connectivity index (χ1v) is 13.1. The quantitative estimate of drug-likeness (QED) is 0.540. The van der Waals surface area contributed by atoms with Crippen molar-refractivity contribution in [3.63, 3.8) is 0 Å². The van der Waals surface area contributed by atoms with E-state index in [-0.39, 0.29) is 37.1 Å². The number of hydrogen-bond acceptors (Lipinski definition) is 6. The van der Waals surface area contributed by atoms with Crippen molar-refractivity contribution in [3.05, 3.63) is 52.6 Å². The maximum atomic E-state index is 13.4. The Morgan fingerprint density at radius 1 is 1.17 bits per heavy atom. The first-order chi connectivity index (χ1) is 16.4. The summed E-state index contributed by atoms with van der Waals surface area (Å²) in [6.07, 6.45) is 2.11. The highest BCUT2D eigenvalue weighted by atomic mass is 35.5. The molecule has 1 aliphatic heterocycles. The van der Waals surface area contributed by atoms with Gasteiger partial charge in [-0.25, -0.2) is 13.4 Å². The van der Waals surface area contributed by atoms with Crippen molar-refractivity contribution < 1.29 is 22.8 Å². The molecule has 1 saturated carbocycles. The number of nitrogens with one attached hydrogen (secondary N) is 2. The van der Waals surface area contributed by atoms with E-state index in [0.717, 1.165) is 5.56 Å². The molecule has 4 rings (SSSR count). The van der Waals surface area contributed by atoms with Crippen LogP contribution < -0.4 is 10.6 Å². The van der Waals surface area contributed by atoms with Crippen LogP contribution in [0.1, 0.15) is 53.4 Å². The highest BCUT2D eigenvalue weighted by Gasteiger charge is 2.62. The van der Waals surface area contributed by atoms with Crippen LogP contribution in [-0.4, -0.2) is 70.2 Å². The Morgan fingerprint density at radius 2 is 1.83 bits per heavy atom. The maximum Gasteiger partial charge on any atom is 0.287 e. The maximum absolute atomic E-state index is 13.4. The summed E-state index contributed by atoms with van der Waals surface area (Å²) in [4.78, 5) is 43.8. The topological polar surface area (TPSA) is 130 Å². The molecule has 35 heavy (non-hydrogen) atoms. The third-order valence-corrected chi connectivity index (χ3v) is 10.3. The van der Waals surface area contributed by atoms with Crippen molar-refractivity contribution in [1.82, 2.24) is 25.1 Å². The zero-order chi connectivity index (χ0) is 25.6. The van der Waals surface area contributed by atoms with Gasteiger partial charge in [-0.1, -0.05) is 23.7 Å². The normalized spacial score (nSPS) is 17.0. The SMILES string of the molecule is CNC(=O)C(C)(C)S(=O)(=O)C1(CN2CCn3c(cnc3C(=O)NCc3ccc(Cl)cc3)C2=O)CC1. The van der Waals surface area contributed by atoms with Crippen LogP contribution in [0.15, 0.2) is 30.5 Å². The Morgan fingerprint density at radius 3 is 2.43 bits per heavy atom. The van der Waals surface area contributed by atoms with E-state index < -0.39 is 31.1 Å². The van der Waals surface area contributed by atoms with Gasteiger partial charge in [0.2, 0.25) is 5.91 Å². The van der Waals surface area contributed by atoms with Crippen molar-refractivity contribution in [2.24, 2.45) is 0 Å². The lowest BCUT2D eigenvalue weighted by Gasteiger charge is -2.34. The van der Waals surface area contributed by atoms with Crippen LogP contribution in [0, 0.1) is 0 Å². The summed E-state index contributed by atoms with van der Waals surface area (Å²) < 4.78 is 25.6. The monoisotopic (exact) mass is 521 g/mol. The number of hydrogen-bond donors (Lipinski definition) is 2. The van der Waals surface area contributed by atoms with Gasteiger partial charge in [0.15, 0.2) is 15.7 Å². The summed E-state index contributed by atoms with van der Waals surface area (Å²) in [5.74, 6) is -1.27. The number of halogens is 1. The molecule has 1 aliphatic carbocycles. The number of fused-ring (bicyclic) bond motifs is 1. The number of sulfone groups is 1. The highest BCUT2D eigenvalue weighted by molar-refractivity contribution is 7.95. The summed E-state index contributed by atoms with van der Waals surface area (Å²) in [6, 6.07) is 7.07. The number of carbonyl (C=O) groups is 3. The molecular weight excluding hydrogens is 494 g/mol. The smallest absolute Gasteiger partial charge is 0.287 e. The molecule has 0 atom stereocenters. The van der Waals surface area contributed by atoms with Crippen LogP contribution in [0.5, 0.6) is 0 Å². The van der Waals surface area contributed by atoms with Gasteiger partial charge in [-0.05, 0) is 44.4 Å². The van der Waals surface area contributed by atoms with Gasteiger partial charge in [0.05, 0.1) is 10.9 Å². The molecule has 2 aliphatic rings. The summed E-state index contributed by atoms with van der Waals surface area (Å²) in [5, 5.41) is 5.81. The van der Waals surface area contributed by atoms with Crippen molar-refractivity contribution in [2.75, 3.05) is 20.1 Å². The van der Waals surface area contributed by atoms with Crippen molar-refractivity contribution >= 4 is 39.2 Å². The minimum Gasteiger partial charge on any atom is -0.358 e. The fourth-order valence-electron chi connectivity index (χ4n) is 4.42. The van der Waals surface area contributed by atoms with Crippen molar-refractivity contribution in [1.29, 1.82) is 0 Å². The molecule has 3 amide bonds. The molecule has 2 heterocycles. The average molecular weight is 522 g/mol. The largest absolute Gasteiger partial charge is 0.358 e. The van der Waals surface area contributed by atoms with Crippen LogP contribution in [0.4, 0.5) is 0 Å². The second kappa shape index (κ2) is 8.94. The predicted octanol–water partition coefficient (Wildman–Crippen LogP) is 1.39. The molecule has 0 saturated heterocycles. The Hall–Kier alpha value is -2.92. The summed E-state index contributed by atoms with van der Waals surface area (Å²) in [7, 11) is -2.48. The average Bonchev–Trinajstić information content (AvgIpc) is 3.50. The molecule has 10 nitrogen and oxygen atoms in total. The molecule has 1 aromatic carbocycles. The third-order valence-electron chi connectivity index (χ3n) is 6.83. The summed E-state index contributed by atoms with van der Waals surface area (Å²) in [5.41, 5.74) is 1.10. The number of aromatic nitrogens is 2. The molecule has 0 unspecified atom stereocenters. The van der Waals surface area contributed by atoms with Gasteiger partial charge in [-0.15, -0.1) is 0 Å². The molecule has 12 heteroatoms. The Bertz CT molecular complexity index is 1280. The van der Waals surface area contributed by atoms with E-state index >= 15 is 0 Å². The number of carbonyl (C=O) groups excluding carboxylic acids is 3. The van der Waals surface area contributed by atoms with E-state index in [1.165, 1.54) is 32.0 Å². The van der Waals surface area contributed by atoms with Gasteiger partial charge in [0.25, 0.3) is 11.8 Å². The van der Waals surface area contributed by atoms with E-state index in [0.29, 0.717) is 24.4 Å². The molecule has 0 radical (unpaired) electrons. The number of imidazole rings is 1. The summed E-state index contributed by atoms with van der Waals surface area (Å²) in [6.45, 7) is 3.60. The van der Waals surface area contributed by atoms with Gasteiger partial charge in [0, 0.05) is 38.2 Å². The Balaban J connectivity index is 1.47. The first kappa shape index (κ1) is 25.2. The van der Waals surface area contributed by atoms with Crippen molar-refractivity contribution in [2.45, 2.75) is 49.3 Å². The standard InChI is InChI=1S/C23H28ClN5O5S/c1-22(2,21(32)25-3)35(33,34)23(8-9-23)14-28-10-11-29-17(20(28)31)13-26-18(29)19(30)27-12-15-4-6-16(24)7-5-15/h4-7,13H,8-12,14H2,1-3H3,(H,25,32)(H,27,30). The van der Waals surface area contributed by atoms with E-state index in [1.54, 1.807) is 28.8 Å². The van der Waals surface area contributed by atoms with Crippen LogP contribution in [0.2, 0.25) is 5.02 Å². The third kappa shape index (κ3) is 4.31. The summed E-state index contributed by atoms with van der Waals surface area (Å²) >= 11 is 5.88. The lowest BCUT2D eigenvalue weighted by molar-refractivity contribution is -0.122. The minimum absolute atomic E-state index is 0.00212. The molecule has 2 N–H and O–H groups in total. The molecule has 0 spiro atoms. The van der Waals surface area contributed by atoms with E-state index in [2.05, 4.69) is 15.6 Å². The van der Waals surface area contributed by atoms with E-state index in [1.807, 2.05) is 0 Å². The highest BCUT2D eigenvalue weighted by Crippen LogP contribution is 2.49. The van der Waals surface area contributed by atoms with Gasteiger partial charge >= 0.3 is 0 Å². The number of rotatable bonds is 8. The van der Waals surface area contributed by atoms with Gasteiger partial charge in [-0.2, -0.15) is 0 Å². The van der Waals surface area contributed by atoms with Gasteiger partial charge in [0.1, 0.15) is 10.4 Å².